The standard InChI is InChI=1S/C11H21NO2.C10H15NO2.C2H6/c1-14-11(8-13)10(12)7-9-5-3-2-4-6-9;1-11-7-8-6-9(12-2)4-5-10(8)13-3;1-2/h8-11H,2-7,12H2,1H3;4-6,11H,7H2,1-3H3;1-2H3. The first-order chi connectivity index (χ1) is 14.1. The molecule has 6 nitrogen and oxygen atoms in total. The van der Waals surface area contributed by atoms with Crippen molar-refractivity contribution in [3.8, 4) is 11.5 Å². The van der Waals surface area contributed by atoms with Crippen molar-refractivity contribution in [1.29, 1.82) is 0 Å². The van der Waals surface area contributed by atoms with E-state index in [1.165, 1.54) is 32.1 Å². The highest BCUT2D eigenvalue weighted by Crippen LogP contribution is 2.27. The Balaban J connectivity index is 0.000000499. The third-order valence-electron chi connectivity index (χ3n) is 5.01. The third kappa shape index (κ3) is 10.6. The van der Waals surface area contributed by atoms with Gasteiger partial charge in [0.2, 0.25) is 0 Å². The van der Waals surface area contributed by atoms with Crippen molar-refractivity contribution in [2.45, 2.75) is 71.1 Å². The van der Waals surface area contributed by atoms with Crippen LogP contribution < -0.4 is 20.5 Å². The number of rotatable bonds is 9. The van der Waals surface area contributed by atoms with E-state index in [1.807, 2.05) is 39.1 Å². The first kappa shape index (κ1) is 27.4. The van der Waals surface area contributed by atoms with Gasteiger partial charge >= 0.3 is 0 Å². The van der Waals surface area contributed by atoms with Gasteiger partial charge in [0, 0.05) is 25.3 Å². The number of nitrogens with two attached hydrogens (primary N) is 1. The largest absolute Gasteiger partial charge is 0.497 e. The molecule has 1 aliphatic carbocycles. The molecule has 168 valence electrons. The van der Waals surface area contributed by atoms with Crippen LogP contribution in [0.25, 0.3) is 0 Å². The van der Waals surface area contributed by atoms with Crippen LogP contribution in [-0.4, -0.2) is 46.8 Å². The number of carbonyl (C=O) groups is 1. The van der Waals surface area contributed by atoms with E-state index < -0.39 is 6.10 Å². The van der Waals surface area contributed by atoms with Crippen LogP contribution in [0.15, 0.2) is 18.2 Å². The maximum atomic E-state index is 10.6. The van der Waals surface area contributed by atoms with E-state index in [0.717, 1.165) is 36.3 Å². The number of hydrogen-bond acceptors (Lipinski definition) is 6. The lowest BCUT2D eigenvalue weighted by atomic mass is 9.84. The average Bonchev–Trinajstić information content (AvgIpc) is 2.77. The highest BCUT2D eigenvalue weighted by molar-refractivity contribution is 5.57. The molecule has 1 aliphatic rings. The monoisotopic (exact) mass is 410 g/mol. The van der Waals surface area contributed by atoms with Crippen LogP contribution in [0.5, 0.6) is 11.5 Å². The fraction of sp³-hybridized carbons (Fsp3) is 0.696. The second-order valence-corrected chi connectivity index (χ2v) is 6.95. The van der Waals surface area contributed by atoms with Gasteiger partial charge in [-0.05, 0) is 37.6 Å². The third-order valence-corrected chi connectivity index (χ3v) is 5.01. The molecular formula is C23H42N2O4. The van der Waals surface area contributed by atoms with Gasteiger partial charge in [0.1, 0.15) is 23.9 Å². The lowest BCUT2D eigenvalue weighted by Crippen LogP contribution is -2.39. The van der Waals surface area contributed by atoms with Gasteiger partial charge in [-0.15, -0.1) is 0 Å². The summed E-state index contributed by atoms with van der Waals surface area (Å²) in [6, 6.07) is 5.64. The molecule has 29 heavy (non-hydrogen) atoms. The molecule has 1 aromatic carbocycles. The Morgan fingerprint density at radius 1 is 1.14 bits per heavy atom. The van der Waals surface area contributed by atoms with E-state index in [0.29, 0.717) is 5.92 Å². The van der Waals surface area contributed by atoms with E-state index in [4.69, 9.17) is 19.9 Å². The van der Waals surface area contributed by atoms with Crippen molar-refractivity contribution >= 4 is 6.29 Å². The molecule has 1 saturated carbocycles. The molecule has 0 aliphatic heterocycles. The highest BCUT2D eigenvalue weighted by atomic mass is 16.5. The van der Waals surface area contributed by atoms with E-state index in [1.54, 1.807) is 21.3 Å². The molecule has 2 rings (SSSR count). The second-order valence-electron chi connectivity index (χ2n) is 6.95. The van der Waals surface area contributed by atoms with Crippen LogP contribution >= 0.6 is 0 Å². The lowest BCUT2D eigenvalue weighted by molar-refractivity contribution is -0.117. The smallest absolute Gasteiger partial charge is 0.150 e. The minimum absolute atomic E-state index is 0.124. The molecule has 0 aromatic heterocycles. The summed E-state index contributed by atoms with van der Waals surface area (Å²) >= 11 is 0. The van der Waals surface area contributed by atoms with Gasteiger partial charge in [0.05, 0.1) is 14.2 Å². The molecule has 2 unspecified atom stereocenters. The van der Waals surface area contributed by atoms with E-state index in [2.05, 4.69) is 5.32 Å². The van der Waals surface area contributed by atoms with Gasteiger partial charge in [-0.2, -0.15) is 0 Å². The summed E-state index contributed by atoms with van der Waals surface area (Å²) < 4.78 is 15.3. The SMILES string of the molecule is CC.CNCc1cc(OC)ccc1OC.COC(C=O)C(N)CC1CCCCC1. The molecule has 0 bridgehead atoms. The Labute approximate surface area is 177 Å². The van der Waals surface area contributed by atoms with Crippen LogP contribution in [0.2, 0.25) is 0 Å². The van der Waals surface area contributed by atoms with Crippen LogP contribution in [0, 0.1) is 5.92 Å². The summed E-state index contributed by atoms with van der Waals surface area (Å²) in [5, 5.41) is 3.07. The number of nitrogens with one attached hydrogen (secondary N) is 1. The van der Waals surface area contributed by atoms with Crippen molar-refractivity contribution in [3.63, 3.8) is 0 Å². The van der Waals surface area contributed by atoms with Crippen LogP contribution in [0.3, 0.4) is 0 Å². The number of hydrogen-bond donors (Lipinski definition) is 2. The summed E-state index contributed by atoms with van der Waals surface area (Å²) in [5.74, 6) is 2.44. The Morgan fingerprint density at radius 2 is 1.79 bits per heavy atom. The predicted octanol–water partition coefficient (Wildman–Crippen LogP) is 3.95. The summed E-state index contributed by atoms with van der Waals surface area (Å²) in [5.41, 5.74) is 7.01. The average molecular weight is 411 g/mol. The van der Waals surface area contributed by atoms with E-state index >= 15 is 0 Å². The van der Waals surface area contributed by atoms with Crippen molar-refractivity contribution in [2.24, 2.45) is 11.7 Å². The number of benzene rings is 1. The maximum Gasteiger partial charge on any atom is 0.150 e. The van der Waals surface area contributed by atoms with Crippen LogP contribution in [-0.2, 0) is 16.1 Å². The minimum Gasteiger partial charge on any atom is -0.497 e. The Morgan fingerprint density at radius 3 is 2.28 bits per heavy atom. The van der Waals surface area contributed by atoms with Crippen molar-refractivity contribution < 1.29 is 19.0 Å². The summed E-state index contributed by atoms with van der Waals surface area (Å²) in [6.45, 7) is 4.78. The second kappa shape index (κ2) is 17.2. The fourth-order valence-corrected chi connectivity index (χ4v) is 3.48. The van der Waals surface area contributed by atoms with Gasteiger partial charge < -0.3 is 30.1 Å². The summed E-state index contributed by atoms with van der Waals surface area (Å²) in [6.07, 6.45) is 7.84. The number of carbonyl (C=O) groups excluding carboxylic acids is 1. The zero-order valence-electron chi connectivity index (χ0n) is 19.2. The number of aldehydes is 1. The first-order valence-electron chi connectivity index (χ1n) is 10.7. The zero-order valence-corrected chi connectivity index (χ0v) is 19.2. The molecule has 6 heteroatoms. The Kier molecular flexibility index (Phi) is 16.3. The Bertz CT molecular complexity index is 534. The molecule has 0 spiro atoms. The van der Waals surface area contributed by atoms with E-state index in [-0.39, 0.29) is 6.04 Å². The van der Waals surface area contributed by atoms with Crippen molar-refractivity contribution in [2.75, 3.05) is 28.4 Å². The lowest BCUT2D eigenvalue weighted by Gasteiger charge is -2.26. The summed E-state index contributed by atoms with van der Waals surface area (Å²) in [4.78, 5) is 10.6. The molecule has 3 N–H and O–H groups in total. The number of methoxy groups -OCH3 is 3. The highest BCUT2D eigenvalue weighted by Gasteiger charge is 2.22. The molecule has 1 fully saturated rings. The molecule has 0 heterocycles. The van der Waals surface area contributed by atoms with E-state index in [9.17, 15) is 4.79 Å². The fourth-order valence-electron chi connectivity index (χ4n) is 3.48. The molecule has 0 amide bonds. The Hall–Kier alpha value is -1.63. The molecule has 2 atom stereocenters. The zero-order chi connectivity index (χ0) is 22.1. The minimum atomic E-state index is -0.420. The first-order valence-corrected chi connectivity index (χ1v) is 10.7. The number of ether oxygens (including phenoxy) is 3. The molecule has 0 saturated heterocycles. The topological polar surface area (TPSA) is 82.8 Å². The van der Waals surface area contributed by atoms with Gasteiger partial charge in [0.15, 0.2) is 0 Å². The van der Waals surface area contributed by atoms with Gasteiger partial charge in [-0.25, -0.2) is 0 Å². The maximum absolute atomic E-state index is 10.6. The van der Waals surface area contributed by atoms with Gasteiger partial charge in [-0.1, -0.05) is 46.0 Å². The molecule has 0 radical (unpaired) electrons. The predicted molar refractivity (Wildman–Crippen MR) is 120 cm³/mol. The molecule has 1 aromatic rings. The quantitative estimate of drug-likeness (QED) is 0.600. The van der Waals surface area contributed by atoms with Crippen LogP contribution in [0.4, 0.5) is 0 Å². The van der Waals surface area contributed by atoms with Crippen molar-refractivity contribution in [3.05, 3.63) is 23.8 Å². The molecular weight excluding hydrogens is 368 g/mol. The normalized spacial score (nSPS) is 15.7. The van der Waals surface area contributed by atoms with Crippen molar-refractivity contribution in [1.82, 2.24) is 5.32 Å². The van der Waals surface area contributed by atoms with Gasteiger partial charge in [-0.3, -0.25) is 0 Å². The van der Waals surface area contributed by atoms with Crippen LogP contribution in [0.1, 0.15) is 57.9 Å². The van der Waals surface area contributed by atoms with Gasteiger partial charge in [0.25, 0.3) is 0 Å². The summed E-state index contributed by atoms with van der Waals surface area (Å²) in [7, 11) is 6.77.